The number of nitrogens with zero attached hydrogens (tertiary/aromatic N) is 2. The Bertz CT molecular complexity index is 548. The lowest BCUT2D eigenvalue weighted by Crippen LogP contribution is -2.47. The molecule has 0 saturated carbocycles. The van der Waals surface area contributed by atoms with Gasteiger partial charge in [0.25, 0.3) is 6.43 Å². The number of aliphatic imine (C=N–C) groups is 1. The van der Waals surface area contributed by atoms with Crippen LogP contribution in [0.4, 0.5) is 8.78 Å². The largest absolute Gasteiger partial charge is 0.488 e. The molecule has 1 saturated heterocycles. The lowest BCUT2D eigenvalue weighted by Gasteiger charge is -2.34. The molecule has 1 N–H and O–H groups in total. The van der Waals surface area contributed by atoms with Crippen LogP contribution in [0, 0.1) is 0 Å². The Morgan fingerprint density at radius 1 is 1.48 bits per heavy atom. The fourth-order valence-corrected chi connectivity index (χ4v) is 3.76. The lowest BCUT2D eigenvalue weighted by atomic mass is 10.2. The van der Waals surface area contributed by atoms with Crippen molar-refractivity contribution in [2.75, 3.05) is 32.5 Å². The predicted molar refractivity (Wildman–Crippen MR) is 112 cm³/mol. The highest BCUT2D eigenvalue weighted by Crippen LogP contribution is 2.21. The smallest absolute Gasteiger partial charge is 0.272 e. The highest BCUT2D eigenvalue weighted by molar-refractivity contribution is 14.0. The third kappa shape index (κ3) is 7.55. The molecule has 2 rings (SSSR count). The van der Waals surface area contributed by atoms with Crippen LogP contribution in [0.25, 0.3) is 0 Å². The van der Waals surface area contributed by atoms with Crippen LogP contribution in [0.1, 0.15) is 18.9 Å². The molecule has 0 bridgehead atoms. The van der Waals surface area contributed by atoms with Crippen molar-refractivity contribution in [2.24, 2.45) is 4.99 Å². The van der Waals surface area contributed by atoms with Crippen molar-refractivity contribution in [3.63, 3.8) is 0 Å². The Hall–Kier alpha value is -0.770. The zero-order chi connectivity index (χ0) is 17.4. The molecule has 1 aromatic carbocycles. The summed E-state index contributed by atoms with van der Waals surface area (Å²) in [6, 6.07) is 7.22. The second-order valence-corrected chi connectivity index (χ2v) is 7.01. The molecule has 1 aromatic rings. The number of hydrogen-bond acceptors (Lipinski definition) is 3. The van der Waals surface area contributed by atoms with E-state index in [0.717, 1.165) is 36.8 Å². The van der Waals surface area contributed by atoms with Crippen LogP contribution < -0.4 is 10.1 Å². The summed E-state index contributed by atoms with van der Waals surface area (Å²) < 4.78 is 29.5. The fourth-order valence-electron chi connectivity index (χ4n) is 2.58. The molecule has 0 aromatic heterocycles. The van der Waals surface area contributed by atoms with Gasteiger partial charge in [0.1, 0.15) is 12.4 Å². The molecule has 0 aliphatic carbocycles. The van der Waals surface area contributed by atoms with Gasteiger partial charge in [-0.05, 0) is 24.1 Å². The normalized spacial score (nSPS) is 18.0. The van der Waals surface area contributed by atoms with Crippen molar-refractivity contribution in [3.8, 4) is 5.75 Å². The van der Waals surface area contributed by atoms with Gasteiger partial charge in [0.2, 0.25) is 0 Å². The first kappa shape index (κ1) is 22.3. The van der Waals surface area contributed by atoms with Crippen molar-refractivity contribution in [2.45, 2.75) is 31.6 Å². The van der Waals surface area contributed by atoms with E-state index in [4.69, 9.17) is 4.74 Å². The number of guanidine groups is 1. The monoisotopic (exact) mass is 485 g/mol. The standard InChI is InChI=1S/C17H25F2N3OS.HI/c1-3-15-11-22(7-8-24-15)17(20-2)21-10-13-5-4-6-14(9-13)23-12-16(18)19;/h4-6,9,15-16H,3,7-8,10-12H2,1-2H3,(H,20,21);1H. The zero-order valence-electron chi connectivity index (χ0n) is 14.6. The molecule has 8 heteroatoms. The Kier molecular flexibility index (Phi) is 10.5. The number of thioether (sulfide) groups is 1. The zero-order valence-corrected chi connectivity index (χ0v) is 17.7. The van der Waals surface area contributed by atoms with Gasteiger partial charge in [0.05, 0.1) is 0 Å². The third-order valence-corrected chi connectivity index (χ3v) is 5.20. The van der Waals surface area contributed by atoms with Gasteiger partial charge >= 0.3 is 0 Å². The van der Waals surface area contributed by atoms with Crippen molar-refractivity contribution in [1.82, 2.24) is 10.2 Å². The Labute approximate surface area is 169 Å². The molecule has 1 unspecified atom stereocenters. The van der Waals surface area contributed by atoms with Crippen LogP contribution >= 0.6 is 35.7 Å². The average Bonchev–Trinajstić information content (AvgIpc) is 2.61. The maximum absolute atomic E-state index is 12.2. The van der Waals surface area contributed by atoms with Crippen LogP contribution in [-0.4, -0.2) is 55.0 Å². The summed E-state index contributed by atoms with van der Waals surface area (Å²) in [6.45, 7) is 4.19. The van der Waals surface area contributed by atoms with Crippen LogP contribution in [0.15, 0.2) is 29.3 Å². The van der Waals surface area contributed by atoms with Crippen LogP contribution in [0.5, 0.6) is 5.75 Å². The first-order chi connectivity index (χ1) is 11.6. The van der Waals surface area contributed by atoms with E-state index in [2.05, 4.69) is 22.1 Å². The Balaban J connectivity index is 0.00000312. The number of nitrogens with one attached hydrogen (secondary N) is 1. The second-order valence-electron chi connectivity index (χ2n) is 5.60. The van der Waals surface area contributed by atoms with E-state index in [1.165, 1.54) is 0 Å². The van der Waals surface area contributed by atoms with Gasteiger partial charge in [-0.25, -0.2) is 8.78 Å². The van der Waals surface area contributed by atoms with E-state index < -0.39 is 13.0 Å². The van der Waals surface area contributed by atoms with E-state index in [1.54, 1.807) is 19.2 Å². The molecule has 1 aliphatic heterocycles. The molecule has 1 fully saturated rings. The van der Waals surface area contributed by atoms with Crippen molar-refractivity contribution >= 4 is 41.7 Å². The van der Waals surface area contributed by atoms with Gasteiger partial charge in [0, 0.05) is 37.7 Å². The van der Waals surface area contributed by atoms with E-state index in [0.29, 0.717) is 17.5 Å². The summed E-state index contributed by atoms with van der Waals surface area (Å²) in [5.74, 6) is 2.45. The first-order valence-electron chi connectivity index (χ1n) is 8.19. The van der Waals surface area contributed by atoms with E-state index in [9.17, 15) is 8.78 Å². The number of alkyl halides is 2. The Morgan fingerprint density at radius 2 is 2.28 bits per heavy atom. The molecule has 25 heavy (non-hydrogen) atoms. The van der Waals surface area contributed by atoms with Crippen LogP contribution in [-0.2, 0) is 6.54 Å². The van der Waals surface area contributed by atoms with Gasteiger partial charge in [-0.3, -0.25) is 4.99 Å². The maximum atomic E-state index is 12.2. The van der Waals surface area contributed by atoms with Crippen molar-refractivity contribution in [1.29, 1.82) is 0 Å². The van der Waals surface area contributed by atoms with Crippen LogP contribution in [0.3, 0.4) is 0 Å². The molecule has 0 radical (unpaired) electrons. The van der Waals surface area contributed by atoms with Crippen LogP contribution in [0.2, 0.25) is 0 Å². The number of benzene rings is 1. The summed E-state index contributed by atoms with van der Waals surface area (Å²) in [4.78, 5) is 6.65. The minimum absolute atomic E-state index is 0. The summed E-state index contributed by atoms with van der Waals surface area (Å²) in [5.41, 5.74) is 0.973. The van der Waals surface area contributed by atoms with Crippen molar-refractivity contribution in [3.05, 3.63) is 29.8 Å². The van der Waals surface area contributed by atoms with E-state index >= 15 is 0 Å². The van der Waals surface area contributed by atoms with Gasteiger partial charge in [0.15, 0.2) is 5.96 Å². The van der Waals surface area contributed by atoms with Gasteiger partial charge in [-0.15, -0.1) is 24.0 Å². The van der Waals surface area contributed by atoms with Gasteiger partial charge in [-0.2, -0.15) is 11.8 Å². The quantitative estimate of drug-likeness (QED) is 0.378. The number of rotatable bonds is 6. The number of hydrogen-bond donors (Lipinski definition) is 1. The third-order valence-electron chi connectivity index (χ3n) is 3.83. The van der Waals surface area contributed by atoms with Gasteiger partial charge in [-0.1, -0.05) is 19.1 Å². The van der Waals surface area contributed by atoms with E-state index in [1.807, 2.05) is 23.9 Å². The number of halogens is 3. The molecule has 1 atom stereocenters. The summed E-state index contributed by atoms with van der Waals surface area (Å²) in [6.07, 6.45) is -1.31. The molecular formula is C17H26F2IN3OS. The molecule has 1 heterocycles. The first-order valence-corrected chi connectivity index (χ1v) is 9.24. The maximum Gasteiger partial charge on any atom is 0.272 e. The van der Waals surface area contributed by atoms with Gasteiger partial charge < -0.3 is 15.0 Å². The molecule has 0 spiro atoms. The summed E-state index contributed by atoms with van der Waals surface area (Å²) >= 11 is 2.02. The highest BCUT2D eigenvalue weighted by Gasteiger charge is 2.21. The topological polar surface area (TPSA) is 36.9 Å². The average molecular weight is 485 g/mol. The lowest BCUT2D eigenvalue weighted by molar-refractivity contribution is 0.0818. The molecule has 0 amide bonds. The second kappa shape index (κ2) is 11.8. The molecule has 1 aliphatic rings. The summed E-state index contributed by atoms with van der Waals surface area (Å²) in [5, 5.41) is 4.00. The fraction of sp³-hybridized carbons (Fsp3) is 0.588. The molecular weight excluding hydrogens is 459 g/mol. The predicted octanol–water partition coefficient (Wildman–Crippen LogP) is 3.85. The minimum Gasteiger partial charge on any atom is -0.488 e. The number of ether oxygens (including phenoxy) is 1. The van der Waals surface area contributed by atoms with E-state index in [-0.39, 0.29) is 24.0 Å². The highest BCUT2D eigenvalue weighted by atomic mass is 127. The van der Waals surface area contributed by atoms with Crippen molar-refractivity contribution < 1.29 is 13.5 Å². The Morgan fingerprint density at radius 3 is 2.96 bits per heavy atom. The molecule has 4 nitrogen and oxygen atoms in total. The summed E-state index contributed by atoms with van der Waals surface area (Å²) in [7, 11) is 1.78. The minimum atomic E-state index is -2.46. The molecule has 142 valence electrons. The SMILES string of the molecule is CCC1CN(C(=NC)NCc2cccc(OCC(F)F)c2)CCS1.I.